The van der Waals surface area contributed by atoms with Crippen molar-refractivity contribution in [3.8, 4) is 0 Å². The number of hydrogen-bond donors (Lipinski definition) is 1. The maximum absolute atomic E-state index is 13.7. The second-order valence-corrected chi connectivity index (χ2v) is 6.65. The summed E-state index contributed by atoms with van der Waals surface area (Å²) in [6, 6.07) is 3.51. The van der Waals surface area contributed by atoms with Gasteiger partial charge in [0.15, 0.2) is 5.96 Å². The molecule has 1 aromatic rings. The van der Waals surface area contributed by atoms with Crippen LogP contribution in [0.2, 0.25) is 0 Å². The summed E-state index contributed by atoms with van der Waals surface area (Å²) in [5, 5.41) is 3.16. The van der Waals surface area contributed by atoms with Gasteiger partial charge in [-0.25, -0.2) is 8.78 Å². The van der Waals surface area contributed by atoms with Gasteiger partial charge in [-0.15, -0.1) is 0 Å². The van der Waals surface area contributed by atoms with Gasteiger partial charge < -0.3 is 15.0 Å². The van der Waals surface area contributed by atoms with Gasteiger partial charge in [0.2, 0.25) is 0 Å². The molecule has 0 aromatic heterocycles. The summed E-state index contributed by atoms with van der Waals surface area (Å²) < 4.78 is 32.4. The average Bonchev–Trinajstić information content (AvgIpc) is 3.07. The van der Waals surface area contributed by atoms with E-state index in [0.717, 1.165) is 70.5 Å². The quantitative estimate of drug-likeness (QED) is 0.661. The number of aliphatic imine (C=N–C) groups is 1. The van der Waals surface area contributed by atoms with Crippen LogP contribution in [0.25, 0.3) is 0 Å². The van der Waals surface area contributed by atoms with E-state index in [0.29, 0.717) is 11.5 Å². The second kappa shape index (κ2) is 8.58. The summed E-state index contributed by atoms with van der Waals surface area (Å²) in [5.74, 6) is 0.506. The molecule has 1 N–H and O–H groups in total. The zero-order valence-electron chi connectivity index (χ0n) is 14.7. The van der Waals surface area contributed by atoms with Crippen molar-refractivity contribution in [2.45, 2.75) is 13.0 Å². The number of hydrogen-bond acceptors (Lipinski definition) is 3. The molecule has 2 saturated heterocycles. The van der Waals surface area contributed by atoms with Gasteiger partial charge in [-0.1, -0.05) is 0 Å². The van der Waals surface area contributed by atoms with Gasteiger partial charge in [-0.3, -0.25) is 9.89 Å². The fraction of sp³-hybridized carbons (Fsp3) is 0.611. The maximum Gasteiger partial charge on any atom is 0.193 e. The van der Waals surface area contributed by atoms with Crippen molar-refractivity contribution in [2.24, 2.45) is 10.9 Å². The van der Waals surface area contributed by atoms with Gasteiger partial charge >= 0.3 is 0 Å². The van der Waals surface area contributed by atoms with E-state index < -0.39 is 11.6 Å². The molecule has 0 radical (unpaired) electrons. The monoisotopic (exact) mass is 352 g/mol. The predicted octanol–water partition coefficient (Wildman–Crippen LogP) is 1.69. The minimum atomic E-state index is -0.431. The van der Waals surface area contributed by atoms with E-state index in [4.69, 9.17) is 4.74 Å². The topological polar surface area (TPSA) is 40.1 Å². The Hall–Kier alpha value is -1.73. The summed E-state index contributed by atoms with van der Waals surface area (Å²) in [6.45, 7) is 6.81. The summed E-state index contributed by atoms with van der Waals surface area (Å²) in [4.78, 5) is 8.95. The van der Waals surface area contributed by atoms with E-state index in [1.807, 2.05) is 0 Å². The van der Waals surface area contributed by atoms with Crippen LogP contribution in [-0.4, -0.2) is 68.7 Å². The molecule has 138 valence electrons. The van der Waals surface area contributed by atoms with Gasteiger partial charge in [0.05, 0.1) is 13.2 Å². The zero-order chi connectivity index (χ0) is 17.6. The Morgan fingerprint density at radius 3 is 2.84 bits per heavy atom. The Labute approximate surface area is 147 Å². The third-order valence-electron chi connectivity index (χ3n) is 4.86. The molecule has 2 fully saturated rings. The molecule has 2 aliphatic rings. The molecule has 5 nitrogen and oxygen atoms in total. The van der Waals surface area contributed by atoms with Crippen LogP contribution in [0.15, 0.2) is 23.2 Å². The van der Waals surface area contributed by atoms with E-state index in [9.17, 15) is 8.78 Å². The van der Waals surface area contributed by atoms with Gasteiger partial charge in [-0.05, 0) is 30.5 Å². The molecule has 0 aliphatic carbocycles. The first kappa shape index (κ1) is 18.1. The molecule has 1 aromatic carbocycles. The lowest BCUT2D eigenvalue weighted by Crippen LogP contribution is -2.42. The number of rotatable bonds is 4. The molecule has 0 saturated carbocycles. The van der Waals surface area contributed by atoms with Gasteiger partial charge in [0, 0.05) is 51.9 Å². The first-order chi connectivity index (χ1) is 12.2. The molecule has 2 aliphatic heterocycles. The number of nitrogens with zero attached hydrogens (tertiary/aromatic N) is 3. The number of benzene rings is 1. The largest absolute Gasteiger partial charge is 0.379 e. The van der Waals surface area contributed by atoms with Crippen molar-refractivity contribution < 1.29 is 13.5 Å². The summed E-state index contributed by atoms with van der Waals surface area (Å²) >= 11 is 0. The SMILES string of the molecule is CN=C(NCc1cc(F)ccc1F)N1CCC(CN2CCOCC2)C1. The van der Waals surface area contributed by atoms with Crippen LogP contribution >= 0.6 is 0 Å². The molecule has 0 amide bonds. The number of guanidine groups is 1. The highest BCUT2D eigenvalue weighted by Gasteiger charge is 2.27. The van der Waals surface area contributed by atoms with E-state index >= 15 is 0 Å². The fourth-order valence-electron chi connectivity index (χ4n) is 3.51. The van der Waals surface area contributed by atoms with Gasteiger partial charge in [0.25, 0.3) is 0 Å². The summed E-state index contributed by atoms with van der Waals surface area (Å²) in [6.07, 6.45) is 1.12. The average molecular weight is 352 g/mol. The number of ether oxygens (including phenoxy) is 1. The van der Waals surface area contributed by atoms with Crippen molar-refractivity contribution in [2.75, 3.05) is 53.0 Å². The van der Waals surface area contributed by atoms with Crippen LogP contribution in [-0.2, 0) is 11.3 Å². The molecule has 2 heterocycles. The minimum absolute atomic E-state index is 0.223. The molecular formula is C18H26F2N4O. The van der Waals surface area contributed by atoms with Crippen LogP contribution in [0, 0.1) is 17.6 Å². The highest BCUT2D eigenvalue weighted by Crippen LogP contribution is 2.18. The van der Waals surface area contributed by atoms with Crippen LogP contribution in [0.5, 0.6) is 0 Å². The Morgan fingerprint density at radius 1 is 1.28 bits per heavy atom. The van der Waals surface area contributed by atoms with E-state index in [2.05, 4.69) is 20.1 Å². The van der Waals surface area contributed by atoms with Crippen LogP contribution in [0.3, 0.4) is 0 Å². The molecule has 1 unspecified atom stereocenters. The zero-order valence-corrected chi connectivity index (χ0v) is 14.7. The number of nitrogens with one attached hydrogen (secondary N) is 1. The Balaban J connectivity index is 1.50. The van der Waals surface area contributed by atoms with Crippen LogP contribution < -0.4 is 5.32 Å². The highest BCUT2D eigenvalue weighted by molar-refractivity contribution is 5.80. The van der Waals surface area contributed by atoms with E-state index in [-0.39, 0.29) is 6.54 Å². The maximum atomic E-state index is 13.7. The lowest BCUT2D eigenvalue weighted by molar-refractivity contribution is 0.0315. The van der Waals surface area contributed by atoms with Crippen LogP contribution in [0.4, 0.5) is 8.78 Å². The second-order valence-electron chi connectivity index (χ2n) is 6.65. The van der Waals surface area contributed by atoms with Gasteiger partial charge in [-0.2, -0.15) is 0 Å². The van der Waals surface area contributed by atoms with Crippen molar-refractivity contribution in [3.05, 3.63) is 35.4 Å². The first-order valence-corrected chi connectivity index (χ1v) is 8.85. The normalized spacial score (nSPS) is 22.4. The molecule has 25 heavy (non-hydrogen) atoms. The van der Waals surface area contributed by atoms with Gasteiger partial charge in [0.1, 0.15) is 11.6 Å². The third-order valence-corrected chi connectivity index (χ3v) is 4.86. The first-order valence-electron chi connectivity index (χ1n) is 8.85. The smallest absolute Gasteiger partial charge is 0.193 e. The summed E-state index contributed by atoms with van der Waals surface area (Å²) in [5.41, 5.74) is 0.310. The number of likely N-dealkylation sites (tertiary alicyclic amines) is 1. The molecule has 1 atom stereocenters. The van der Waals surface area contributed by atoms with E-state index in [1.165, 1.54) is 6.07 Å². The lowest BCUT2D eigenvalue weighted by Gasteiger charge is -2.29. The van der Waals surface area contributed by atoms with Crippen molar-refractivity contribution in [1.82, 2.24) is 15.1 Å². The summed E-state index contributed by atoms with van der Waals surface area (Å²) in [7, 11) is 1.72. The predicted molar refractivity (Wildman–Crippen MR) is 93.5 cm³/mol. The standard InChI is InChI=1S/C18H26F2N4O/c1-21-18(22-11-15-10-16(19)2-3-17(15)20)24-5-4-14(13-24)12-23-6-8-25-9-7-23/h2-3,10,14H,4-9,11-13H2,1H3,(H,21,22). The minimum Gasteiger partial charge on any atom is -0.379 e. The Kier molecular flexibility index (Phi) is 6.20. The van der Waals surface area contributed by atoms with Crippen molar-refractivity contribution in [3.63, 3.8) is 0 Å². The fourth-order valence-corrected chi connectivity index (χ4v) is 3.51. The van der Waals surface area contributed by atoms with Crippen molar-refractivity contribution in [1.29, 1.82) is 0 Å². The number of morpholine rings is 1. The number of halogens is 2. The highest BCUT2D eigenvalue weighted by atomic mass is 19.1. The third kappa shape index (κ3) is 4.89. The molecular weight excluding hydrogens is 326 g/mol. The molecule has 0 spiro atoms. The molecule has 7 heteroatoms. The van der Waals surface area contributed by atoms with Crippen molar-refractivity contribution >= 4 is 5.96 Å². The lowest BCUT2D eigenvalue weighted by atomic mass is 10.1. The van der Waals surface area contributed by atoms with E-state index in [1.54, 1.807) is 7.05 Å². The Bertz CT molecular complexity index is 605. The molecule has 0 bridgehead atoms. The van der Waals surface area contributed by atoms with Crippen LogP contribution in [0.1, 0.15) is 12.0 Å². The Morgan fingerprint density at radius 2 is 2.08 bits per heavy atom. The molecule has 3 rings (SSSR count).